The smallest absolute Gasteiger partial charge is 0.139 e. The first-order valence-electron chi connectivity index (χ1n) is 11.0. The summed E-state index contributed by atoms with van der Waals surface area (Å²) in [4.78, 5) is 18.0. The van der Waals surface area contributed by atoms with Gasteiger partial charge >= 0.3 is 0 Å². The summed E-state index contributed by atoms with van der Waals surface area (Å²) in [5.74, 6) is 1.81. The van der Waals surface area contributed by atoms with E-state index in [1.165, 1.54) is 0 Å². The Kier molecular flexibility index (Phi) is 4.78. The van der Waals surface area contributed by atoms with E-state index in [1.807, 2.05) is 6.92 Å². The number of hydrogen-bond donors (Lipinski definition) is 2. The van der Waals surface area contributed by atoms with Crippen molar-refractivity contribution in [3.63, 3.8) is 0 Å². The molecule has 0 amide bonds. The average Bonchev–Trinajstić information content (AvgIpc) is 2.93. The molecule has 156 valence electrons. The van der Waals surface area contributed by atoms with Crippen LogP contribution in [0.2, 0.25) is 0 Å². The van der Waals surface area contributed by atoms with Crippen LogP contribution in [0.15, 0.2) is 17.3 Å². The molecule has 0 spiro atoms. The number of carbonyl (C=O) groups excluding carboxylic acids is 1. The average molecular weight is 389 g/mol. The molecule has 4 fully saturated rings. The first-order chi connectivity index (χ1) is 13.1. The predicted molar refractivity (Wildman–Crippen MR) is 110 cm³/mol. The summed E-state index contributed by atoms with van der Waals surface area (Å²) in [6.45, 7) is 11.1. The van der Waals surface area contributed by atoms with Crippen LogP contribution in [-0.4, -0.2) is 34.9 Å². The number of carbonyl (C=O) groups is 1. The van der Waals surface area contributed by atoms with Gasteiger partial charge in [0.2, 0.25) is 0 Å². The Balaban J connectivity index is 1.60. The van der Waals surface area contributed by atoms with E-state index in [0.29, 0.717) is 36.6 Å². The maximum absolute atomic E-state index is 12.6. The van der Waals surface area contributed by atoms with E-state index >= 15 is 0 Å². The van der Waals surface area contributed by atoms with Gasteiger partial charge in [-0.15, -0.1) is 0 Å². The zero-order valence-electron chi connectivity index (χ0n) is 17.7. The van der Waals surface area contributed by atoms with Gasteiger partial charge < -0.3 is 15.7 Å². The van der Waals surface area contributed by atoms with Crippen molar-refractivity contribution in [1.29, 1.82) is 0 Å². The molecule has 4 saturated carbocycles. The summed E-state index contributed by atoms with van der Waals surface area (Å²) >= 11 is 0. The number of nitrogens with two attached hydrogens (primary N) is 1. The van der Waals surface area contributed by atoms with Gasteiger partial charge in [0.25, 0.3) is 0 Å². The van der Waals surface area contributed by atoms with E-state index < -0.39 is 5.60 Å². The predicted octanol–water partition coefficient (Wildman–Crippen LogP) is 3.60. The highest BCUT2D eigenvalue weighted by Crippen LogP contribution is 2.67. The van der Waals surface area contributed by atoms with Gasteiger partial charge in [-0.05, 0) is 68.8 Å². The SMILES string of the molecule is C=C1C[C@H]2[C@@H]3CCC(=O)[C@@]3(C)CC[C@@H]2[C@@]2(C)CCC(=NOC[C@@H](C)N)C[C@]12O. The lowest BCUT2D eigenvalue weighted by Gasteiger charge is -2.63. The van der Waals surface area contributed by atoms with E-state index in [2.05, 4.69) is 25.6 Å². The Hall–Kier alpha value is -1.20. The van der Waals surface area contributed by atoms with Crippen molar-refractivity contribution in [1.82, 2.24) is 0 Å². The first kappa shape index (κ1) is 20.1. The number of hydrogen-bond acceptors (Lipinski definition) is 5. The minimum atomic E-state index is -0.931. The van der Waals surface area contributed by atoms with Crippen molar-refractivity contribution in [3.8, 4) is 0 Å². The van der Waals surface area contributed by atoms with Crippen molar-refractivity contribution in [2.45, 2.75) is 83.8 Å². The minimum absolute atomic E-state index is 0.0580. The molecule has 4 rings (SSSR count). The first-order valence-corrected chi connectivity index (χ1v) is 11.0. The summed E-state index contributed by atoms with van der Waals surface area (Å²) < 4.78 is 0. The lowest BCUT2D eigenvalue weighted by Crippen LogP contribution is -2.63. The minimum Gasteiger partial charge on any atom is -0.394 e. The number of aliphatic hydroxyl groups is 1. The molecule has 7 atom stereocenters. The molecule has 0 bridgehead atoms. The van der Waals surface area contributed by atoms with Crippen LogP contribution in [0.1, 0.15) is 72.1 Å². The van der Waals surface area contributed by atoms with Gasteiger partial charge in [0.1, 0.15) is 12.4 Å². The van der Waals surface area contributed by atoms with Crippen molar-refractivity contribution in [2.24, 2.45) is 39.5 Å². The molecule has 0 unspecified atom stereocenters. The van der Waals surface area contributed by atoms with Crippen molar-refractivity contribution < 1.29 is 14.7 Å². The molecule has 0 heterocycles. The molecule has 0 radical (unpaired) electrons. The molecule has 4 aliphatic carbocycles. The molecule has 5 nitrogen and oxygen atoms in total. The molecule has 28 heavy (non-hydrogen) atoms. The van der Waals surface area contributed by atoms with Gasteiger partial charge in [0, 0.05) is 29.7 Å². The summed E-state index contributed by atoms with van der Waals surface area (Å²) in [6.07, 6.45) is 6.80. The summed E-state index contributed by atoms with van der Waals surface area (Å²) in [7, 11) is 0. The van der Waals surface area contributed by atoms with E-state index in [0.717, 1.165) is 56.2 Å². The van der Waals surface area contributed by atoms with Crippen LogP contribution in [0, 0.1) is 28.6 Å². The van der Waals surface area contributed by atoms with Crippen molar-refractivity contribution >= 4 is 11.5 Å². The van der Waals surface area contributed by atoms with Gasteiger partial charge in [-0.2, -0.15) is 0 Å². The second-order valence-electron chi connectivity index (χ2n) is 10.5. The number of rotatable bonds is 3. The van der Waals surface area contributed by atoms with E-state index in [-0.39, 0.29) is 16.9 Å². The zero-order chi connectivity index (χ0) is 20.3. The number of nitrogens with zero attached hydrogens (tertiary/aromatic N) is 1. The molecule has 4 aliphatic rings. The summed E-state index contributed by atoms with van der Waals surface area (Å²) in [5, 5.41) is 16.2. The Morgan fingerprint density at radius 2 is 2.04 bits per heavy atom. The normalized spacial score (nSPS) is 48.0. The van der Waals surface area contributed by atoms with Crippen molar-refractivity contribution in [3.05, 3.63) is 12.2 Å². The van der Waals surface area contributed by atoms with Crippen LogP contribution in [0.4, 0.5) is 0 Å². The number of fused-ring (bicyclic) bond motifs is 5. The van der Waals surface area contributed by atoms with Crippen LogP contribution in [0.25, 0.3) is 0 Å². The van der Waals surface area contributed by atoms with Gasteiger partial charge in [0.05, 0.1) is 11.3 Å². The highest BCUT2D eigenvalue weighted by atomic mass is 16.6. The molecule has 0 saturated heterocycles. The van der Waals surface area contributed by atoms with E-state index in [4.69, 9.17) is 10.6 Å². The molecule has 5 heteroatoms. The summed E-state index contributed by atoms with van der Waals surface area (Å²) in [6, 6.07) is -0.0580. The maximum Gasteiger partial charge on any atom is 0.139 e. The van der Waals surface area contributed by atoms with Crippen molar-refractivity contribution in [2.75, 3.05) is 6.61 Å². The molecule has 0 aliphatic heterocycles. The van der Waals surface area contributed by atoms with E-state index in [1.54, 1.807) is 0 Å². The third kappa shape index (κ3) is 2.72. The molecule has 0 aromatic rings. The van der Waals surface area contributed by atoms with Gasteiger partial charge in [-0.1, -0.05) is 25.6 Å². The highest BCUT2D eigenvalue weighted by Gasteiger charge is 2.65. The standard InChI is InChI=1S/C23H36N2O3/c1-14-11-17-18-5-6-20(26)21(18,3)9-8-19(17)22(4)10-7-16(12-23(14,22)27)25-28-13-15(2)24/h15,17-19,27H,1,5-13,24H2,2-4H3/t15-,17+,18+,19+,21+,22-,23+/m1/s1. The van der Waals surface area contributed by atoms with Crippen LogP contribution < -0.4 is 5.73 Å². The van der Waals surface area contributed by atoms with Crippen LogP contribution in [-0.2, 0) is 9.63 Å². The molecule has 0 aromatic carbocycles. The topological polar surface area (TPSA) is 84.9 Å². The molecular formula is C23H36N2O3. The lowest BCUT2D eigenvalue weighted by atomic mass is 9.43. The van der Waals surface area contributed by atoms with E-state index in [9.17, 15) is 9.90 Å². The fraction of sp³-hybridized carbons (Fsp3) is 0.826. The fourth-order valence-corrected chi connectivity index (χ4v) is 7.13. The maximum atomic E-state index is 12.6. The number of Topliss-reactive ketones (excluding diaryl/α,β-unsaturated/α-hetero) is 1. The van der Waals surface area contributed by atoms with Crippen LogP contribution in [0.5, 0.6) is 0 Å². The van der Waals surface area contributed by atoms with Gasteiger partial charge in [-0.25, -0.2) is 0 Å². The van der Waals surface area contributed by atoms with Crippen LogP contribution >= 0.6 is 0 Å². The summed E-state index contributed by atoms with van der Waals surface area (Å²) in [5.41, 5.74) is 6.29. The number of oxime groups is 1. The fourth-order valence-electron chi connectivity index (χ4n) is 7.13. The largest absolute Gasteiger partial charge is 0.394 e. The molecule has 3 N–H and O–H groups in total. The third-order valence-corrected chi connectivity index (χ3v) is 8.90. The lowest BCUT2D eigenvalue weighted by molar-refractivity contribution is -0.161. The quantitative estimate of drug-likeness (QED) is 0.571. The highest BCUT2D eigenvalue weighted by molar-refractivity contribution is 5.88. The zero-order valence-corrected chi connectivity index (χ0v) is 17.7. The van der Waals surface area contributed by atoms with Crippen LogP contribution in [0.3, 0.4) is 0 Å². The third-order valence-electron chi connectivity index (χ3n) is 8.90. The Labute approximate surface area is 168 Å². The Morgan fingerprint density at radius 1 is 1.29 bits per heavy atom. The molecular weight excluding hydrogens is 352 g/mol. The molecule has 0 aromatic heterocycles. The Bertz CT molecular complexity index is 717. The monoisotopic (exact) mass is 388 g/mol. The number of ketones is 1. The Morgan fingerprint density at radius 3 is 2.75 bits per heavy atom. The van der Waals surface area contributed by atoms with Gasteiger partial charge in [0.15, 0.2) is 0 Å². The second-order valence-corrected chi connectivity index (χ2v) is 10.5. The van der Waals surface area contributed by atoms with Gasteiger partial charge in [-0.3, -0.25) is 4.79 Å². The second kappa shape index (κ2) is 6.66.